The number of benzene rings is 1. The smallest absolute Gasteiger partial charge is 0.234 e. The number of carbonyl (C=O) groups is 1. The molecule has 0 aliphatic heterocycles. The van der Waals surface area contributed by atoms with Gasteiger partial charge in [0.1, 0.15) is 5.82 Å². The van der Waals surface area contributed by atoms with Gasteiger partial charge in [-0.15, -0.1) is 11.3 Å². The monoisotopic (exact) mass is 316 g/mol. The molecule has 1 aromatic heterocycles. The lowest BCUT2D eigenvalue weighted by Gasteiger charge is -2.05. The fraction of sp³-hybridized carbons (Fsp3) is 0.167. The van der Waals surface area contributed by atoms with Gasteiger partial charge in [0, 0.05) is 16.1 Å². The van der Waals surface area contributed by atoms with Gasteiger partial charge in [-0.1, -0.05) is 23.4 Å². The van der Waals surface area contributed by atoms with E-state index in [1.165, 1.54) is 41.3 Å². The van der Waals surface area contributed by atoms with E-state index in [0.717, 1.165) is 10.0 Å². The third-order valence-corrected chi connectivity index (χ3v) is 4.50. The number of halogens is 2. The summed E-state index contributed by atoms with van der Waals surface area (Å²) in [6.45, 7) is 1.89. The highest BCUT2D eigenvalue weighted by atomic mass is 35.5. The van der Waals surface area contributed by atoms with E-state index >= 15 is 0 Å². The van der Waals surface area contributed by atoms with E-state index < -0.39 is 5.82 Å². The topological polar surface area (TPSA) is 42.0 Å². The second-order valence-electron chi connectivity index (χ2n) is 3.72. The van der Waals surface area contributed by atoms with E-state index in [9.17, 15) is 9.18 Å². The van der Waals surface area contributed by atoms with Gasteiger partial charge >= 0.3 is 0 Å². The number of anilines is 1. The van der Waals surface area contributed by atoms with Crippen LogP contribution in [0, 0.1) is 12.7 Å². The lowest BCUT2D eigenvalue weighted by atomic mass is 10.3. The minimum atomic E-state index is -0.507. The Morgan fingerprint density at radius 3 is 3.05 bits per heavy atom. The van der Waals surface area contributed by atoms with Crippen LogP contribution in [0.5, 0.6) is 0 Å². The number of nitrogens with one attached hydrogen (secondary N) is 1. The van der Waals surface area contributed by atoms with Crippen LogP contribution < -0.4 is 5.32 Å². The summed E-state index contributed by atoms with van der Waals surface area (Å²) >= 11 is 8.54. The summed E-state index contributed by atoms with van der Waals surface area (Å²) in [5.41, 5.74) is 1.02. The zero-order valence-electron chi connectivity index (χ0n) is 9.94. The number of aryl methyl sites for hydroxylation is 1. The molecule has 0 fully saturated rings. The number of amides is 1. The van der Waals surface area contributed by atoms with Crippen molar-refractivity contribution in [1.82, 2.24) is 4.98 Å². The van der Waals surface area contributed by atoms with Crippen molar-refractivity contribution in [3.8, 4) is 0 Å². The van der Waals surface area contributed by atoms with E-state index in [2.05, 4.69) is 10.3 Å². The molecule has 0 bridgehead atoms. The van der Waals surface area contributed by atoms with E-state index in [1.807, 2.05) is 12.3 Å². The SMILES string of the molecule is Cc1csc(SCC(=O)Nc2cc(Cl)ccc2F)n1. The van der Waals surface area contributed by atoms with Crippen LogP contribution in [0.4, 0.5) is 10.1 Å². The van der Waals surface area contributed by atoms with E-state index in [4.69, 9.17) is 11.6 Å². The molecule has 1 heterocycles. The maximum Gasteiger partial charge on any atom is 0.234 e. The molecule has 0 spiro atoms. The maximum absolute atomic E-state index is 13.4. The Morgan fingerprint density at radius 2 is 2.37 bits per heavy atom. The van der Waals surface area contributed by atoms with Crippen molar-refractivity contribution in [1.29, 1.82) is 0 Å². The Bertz CT molecular complexity index is 603. The molecule has 0 radical (unpaired) electrons. The van der Waals surface area contributed by atoms with Crippen LogP contribution in [-0.2, 0) is 4.79 Å². The fourth-order valence-corrected chi connectivity index (χ4v) is 3.13. The lowest BCUT2D eigenvalue weighted by Crippen LogP contribution is -2.15. The van der Waals surface area contributed by atoms with Gasteiger partial charge in [-0.05, 0) is 25.1 Å². The molecule has 7 heteroatoms. The van der Waals surface area contributed by atoms with Crippen molar-refractivity contribution in [3.05, 3.63) is 40.1 Å². The molecule has 1 N–H and O–H groups in total. The average Bonchev–Trinajstić information content (AvgIpc) is 2.77. The first kappa shape index (κ1) is 14.3. The molecular weight excluding hydrogens is 307 g/mol. The second kappa shape index (κ2) is 6.36. The summed E-state index contributed by atoms with van der Waals surface area (Å²) < 4.78 is 14.2. The van der Waals surface area contributed by atoms with E-state index in [1.54, 1.807) is 0 Å². The molecule has 0 aliphatic rings. The quantitative estimate of drug-likeness (QED) is 0.868. The zero-order valence-corrected chi connectivity index (χ0v) is 12.3. The van der Waals surface area contributed by atoms with Gasteiger partial charge in [-0.3, -0.25) is 4.79 Å². The van der Waals surface area contributed by atoms with Crippen molar-refractivity contribution in [2.45, 2.75) is 11.3 Å². The first-order valence-electron chi connectivity index (χ1n) is 5.34. The summed E-state index contributed by atoms with van der Waals surface area (Å²) in [7, 11) is 0. The number of rotatable bonds is 4. The summed E-state index contributed by atoms with van der Waals surface area (Å²) in [4.78, 5) is 15.9. The van der Waals surface area contributed by atoms with Crippen LogP contribution in [0.1, 0.15) is 5.69 Å². The summed E-state index contributed by atoms with van der Waals surface area (Å²) in [5, 5.41) is 4.77. The Kier molecular flexibility index (Phi) is 4.79. The van der Waals surface area contributed by atoms with Gasteiger partial charge in [0.15, 0.2) is 4.34 Å². The molecular formula is C12H10ClFN2OS2. The summed E-state index contributed by atoms with van der Waals surface area (Å²) in [6.07, 6.45) is 0. The number of carbonyl (C=O) groups excluding carboxylic acids is 1. The maximum atomic E-state index is 13.4. The van der Waals surface area contributed by atoms with Crippen LogP contribution in [-0.4, -0.2) is 16.6 Å². The third kappa shape index (κ3) is 4.19. The highest BCUT2D eigenvalue weighted by molar-refractivity contribution is 8.01. The molecule has 2 rings (SSSR count). The minimum Gasteiger partial charge on any atom is -0.323 e. The van der Waals surface area contributed by atoms with E-state index in [-0.39, 0.29) is 17.3 Å². The highest BCUT2D eigenvalue weighted by Gasteiger charge is 2.09. The molecule has 2 aromatic rings. The molecule has 0 aliphatic carbocycles. The third-order valence-electron chi connectivity index (χ3n) is 2.13. The Morgan fingerprint density at radius 1 is 1.58 bits per heavy atom. The van der Waals surface area contributed by atoms with Crippen LogP contribution >= 0.6 is 34.7 Å². The molecule has 1 amide bonds. The number of hydrogen-bond acceptors (Lipinski definition) is 4. The van der Waals surface area contributed by atoms with Crippen LogP contribution in [0.25, 0.3) is 0 Å². The van der Waals surface area contributed by atoms with Gasteiger partial charge in [-0.2, -0.15) is 0 Å². The predicted molar refractivity (Wildman–Crippen MR) is 77.6 cm³/mol. The lowest BCUT2D eigenvalue weighted by molar-refractivity contribution is -0.113. The minimum absolute atomic E-state index is 0.0911. The number of aromatic nitrogens is 1. The van der Waals surface area contributed by atoms with Crippen molar-refractivity contribution >= 4 is 46.3 Å². The molecule has 3 nitrogen and oxygen atoms in total. The van der Waals surface area contributed by atoms with Crippen molar-refractivity contribution in [2.24, 2.45) is 0 Å². The van der Waals surface area contributed by atoms with Crippen LogP contribution in [0.3, 0.4) is 0 Å². The molecule has 0 saturated carbocycles. The molecule has 1 aromatic carbocycles. The molecule has 0 unspecified atom stereocenters. The van der Waals surface area contributed by atoms with Crippen LogP contribution in [0.2, 0.25) is 5.02 Å². The van der Waals surface area contributed by atoms with Crippen molar-refractivity contribution in [3.63, 3.8) is 0 Å². The van der Waals surface area contributed by atoms with Gasteiger partial charge in [0.2, 0.25) is 5.91 Å². The van der Waals surface area contributed by atoms with Gasteiger partial charge in [0.05, 0.1) is 11.4 Å². The Hall–Kier alpha value is -1.11. The van der Waals surface area contributed by atoms with Gasteiger partial charge in [0.25, 0.3) is 0 Å². The Labute approximate surface area is 123 Å². The van der Waals surface area contributed by atoms with E-state index in [0.29, 0.717) is 5.02 Å². The number of hydrogen-bond donors (Lipinski definition) is 1. The fourth-order valence-electron chi connectivity index (χ4n) is 1.31. The first-order chi connectivity index (χ1) is 9.04. The standard InChI is InChI=1S/C12H10ClFN2OS2/c1-7-5-18-12(15-7)19-6-11(17)16-10-4-8(13)2-3-9(10)14/h2-5H,6H2,1H3,(H,16,17). The number of thioether (sulfide) groups is 1. The molecule has 19 heavy (non-hydrogen) atoms. The normalized spacial score (nSPS) is 10.5. The summed E-state index contributed by atoms with van der Waals surface area (Å²) in [6, 6.07) is 4.03. The number of nitrogens with zero attached hydrogens (tertiary/aromatic N) is 1. The first-order valence-corrected chi connectivity index (χ1v) is 7.59. The van der Waals surface area contributed by atoms with Crippen LogP contribution in [0.15, 0.2) is 27.9 Å². The van der Waals surface area contributed by atoms with Gasteiger partial charge < -0.3 is 5.32 Å². The molecule has 0 saturated heterocycles. The van der Waals surface area contributed by atoms with Crippen molar-refractivity contribution < 1.29 is 9.18 Å². The van der Waals surface area contributed by atoms with Crippen molar-refractivity contribution in [2.75, 3.05) is 11.1 Å². The highest BCUT2D eigenvalue weighted by Crippen LogP contribution is 2.23. The predicted octanol–water partition coefficient (Wildman–Crippen LogP) is 3.97. The summed E-state index contributed by atoms with van der Waals surface area (Å²) in [5.74, 6) is -0.620. The largest absolute Gasteiger partial charge is 0.323 e. The Balaban J connectivity index is 1.92. The second-order valence-corrected chi connectivity index (χ2v) is 6.23. The number of thiazole rings is 1. The molecule has 0 atom stereocenters. The zero-order chi connectivity index (χ0) is 13.8. The van der Waals surface area contributed by atoms with Gasteiger partial charge in [-0.25, -0.2) is 9.37 Å². The molecule has 100 valence electrons. The average molecular weight is 317 g/mol.